The molecule has 0 saturated heterocycles. The number of nitrogens with zero attached hydrogens (tertiary/aromatic N) is 2. The van der Waals surface area contributed by atoms with Crippen molar-refractivity contribution >= 4 is 35.6 Å². The van der Waals surface area contributed by atoms with Crippen LogP contribution in [-0.2, 0) is 9.53 Å². The van der Waals surface area contributed by atoms with E-state index in [9.17, 15) is 9.59 Å². The molecule has 1 aromatic rings. The van der Waals surface area contributed by atoms with Crippen molar-refractivity contribution in [2.75, 3.05) is 12.9 Å². The van der Waals surface area contributed by atoms with Crippen LogP contribution >= 0.6 is 23.4 Å². The van der Waals surface area contributed by atoms with Crippen molar-refractivity contribution in [3.05, 3.63) is 16.5 Å². The number of methoxy groups -OCH3 is 1. The number of halogens is 1. The number of aldehydes is 1. The van der Waals surface area contributed by atoms with Crippen LogP contribution in [-0.4, -0.2) is 35.1 Å². The van der Waals surface area contributed by atoms with Gasteiger partial charge in [-0.3, -0.25) is 9.59 Å². The number of esters is 1. The van der Waals surface area contributed by atoms with Crippen molar-refractivity contribution in [3.63, 3.8) is 0 Å². The average Bonchev–Trinajstić information content (AvgIpc) is 3.16. The summed E-state index contributed by atoms with van der Waals surface area (Å²) in [5.41, 5.74) is 0.291. The first-order chi connectivity index (χ1) is 9.49. The molecule has 5 nitrogen and oxygen atoms in total. The van der Waals surface area contributed by atoms with Gasteiger partial charge in [-0.25, -0.2) is 9.97 Å². The molecule has 0 aromatic carbocycles. The number of rotatable bonds is 6. The quantitative estimate of drug-likeness (QED) is 0.348. The van der Waals surface area contributed by atoms with Crippen LogP contribution in [0.4, 0.5) is 0 Å². The Hall–Kier alpha value is -1.14. The van der Waals surface area contributed by atoms with Gasteiger partial charge in [0.1, 0.15) is 16.0 Å². The maximum Gasteiger partial charge on any atom is 0.306 e. The van der Waals surface area contributed by atoms with Crippen LogP contribution in [0.2, 0.25) is 5.15 Å². The standard InChI is InChI=1S/C13H15ClN2O3S/c1-8-15-11(14)9(6-17)12(16-8)20-7-13(3-4-13)5-10(18)19-2/h6H,3-5,7H2,1-2H3. The molecule has 0 radical (unpaired) electrons. The maximum absolute atomic E-state index is 11.4. The Morgan fingerprint density at radius 2 is 2.20 bits per heavy atom. The van der Waals surface area contributed by atoms with Gasteiger partial charge in [0.25, 0.3) is 0 Å². The van der Waals surface area contributed by atoms with Crippen molar-refractivity contribution < 1.29 is 14.3 Å². The van der Waals surface area contributed by atoms with Crippen LogP contribution in [0.1, 0.15) is 35.4 Å². The highest BCUT2D eigenvalue weighted by Crippen LogP contribution is 2.52. The summed E-state index contributed by atoms with van der Waals surface area (Å²) in [6.07, 6.45) is 3.06. The van der Waals surface area contributed by atoms with E-state index in [1.807, 2.05) is 0 Å². The highest BCUT2D eigenvalue weighted by Gasteiger charge is 2.44. The van der Waals surface area contributed by atoms with Gasteiger partial charge in [-0.2, -0.15) is 0 Å². The lowest BCUT2D eigenvalue weighted by atomic mass is 10.1. The van der Waals surface area contributed by atoms with Gasteiger partial charge in [0, 0.05) is 5.75 Å². The summed E-state index contributed by atoms with van der Waals surface area (Å²) in [4.78, 5) is 30.7. The predicted octanol–water partition coefficient (Wildman–Crippen LogP) is 2.69. The van der Waals surface area contributed by atoms with Crippen LogP contribution in [0.25, 0.3) is 0 Å². The second-order valence-electron chi connectivity index (χ2n) is 4.94. The minimum Gasteiger partial charge on any atom is -0.469 e. The molecule has 1 saturated carbocycles. The number of hydrogen-bond acceptors (Lipinski definition) is 6. The van der Waals surface area contributed by atoms with E-state index in [2.05, 4.69) is 9.97 Å². The lowest BCUT2D eigenvalue weighted by Crippen LogP contribution is -2.13. The zero-order valence-electron chi connectivity index (χ0n) is 11.3. The van der Waals surface area contributed by atoms with Crippen molar-refractivity contribution in [2.45, 2.75) is 31.2 Å². The largest absolute Gasteiger partial charge is 0.469 e. The summed E-state index contributed by atoms with van der Waals surface area (Å²) in [7, 11) is 1.39. The molecule has 0 unspecified atom stereocenters. The van der Waals surface area contributed by atoms with E-state index >= 15 is 0 Å². The second-order valence-corrected chi connectivity index (χ2v) is 6.26. The molecule has 1 aromatic heterocycles. The Morgan fingerprint density at radius 3 is 2.75 bits per heavy atom. The van der Waals surface area contributed by atoms with Crippen molar-refractivity contribution in [1.29, 1.82) is 0 Å². The molecule has 0 spiro atoms. The smallest absolute Gasteiger partial charge is 0.306 e. The number of ether oxygens (including phenoxy) is 1. The molecule has 0 N–H and O–H groups in total. The molecule has 0 amide bonds. The first kappa shape index (κ1) is 15.3. The molecule has 1 heterocycles. The first-order valence-electron chi connectivity index (χ1n) is 6.18. The summed E-state index contributed by atoms with van der Waals surface area (Å²) in [5, 5.41) is 0.751. The van der Waals surface area contributed by atoms with E-state index < -0.39 is 0 Å². The zero-order chi connectivity index (χ0) is 14.8. The van der Waals surface area contributed by atoms with E-state index in [1.54, 1.807) is 6.92 Å². The lowest BCUT2D eigenvalue weighted by molar-refractivity contribution is -0.141. The van der Waals surface area contributed by atoms with Crippen molar-refractivity contribution in [3.8, 4) is 0 Å². The summed E-state index contributed by atoms with van der Waals surface area (Å²) in [5.74, 6) is 1.05. The highest BCUT2D eigenvalue weighted by atomic mass is 35.5. The molecular formula is C13H15ClN2O3S. The average molecular weight is 315 g/mol. The van der Waals surface area contributed by atoms with Gasteiger partial charge in [-0.15, -0.1) is 11.8 Å². The Bertz CT molecular complexity index is 547. The van der Waals surface area contributed by atoms with Crippen LogP contribution in [0.5, 0.6) is 0 Å². The molecule has 20 heavy (non-hydrogen) atoms. The van der Waals surface area contributed by atoms with Gasteiger partial charge >= 0.3 is 5.97 Å². The van der Waals surface area contributed by atoms with E-state index in [4.69, 9.17) is 16.3 Å². The Labute approximate surface area is 126 Å². The summed E-state index contributed by atoms with van der Waals surface area (Å²) in [6.45, 7) is 1.73. The molecule has 0 aliphatic heterocycles. The van der Waals surface area contributed by atoms with Gasteiger partial charge in [0.15, 0.2) is 6.29 Å². The minimum absolute atomic E-state index is 0.0246. The zero-order valence-corrected chi connectivity index (χ0v) is 12.9. The molecule has 2 rings (SSSR count). The molecule has 0 bridgehead atoms. The van der Waals surface area contributed by atoms with Crippen LogP contribution in [0.15, 0.2) is 5.03 Å². The molecule has 7 heteroatoms. The van der Waals surface area contributed by atoms with Crippen molar-refractivity contribution in [1.82, 2.24) is 9.97 Å². The molecular weight excluding hydrogens is 300 g/mol. The number of carbonyl (C=O) groups is 2. The predicted molar refractivity (Wildman–Crippen MR) is 76.2 cm³/mol. The summed E-state index contributed by atoms with van der Waals surface area (Å²) < 4.78 is 4.71. The molecule has 1 aliphatic rings. The van der Waals surface area contributed by atoms with E-state index in [0.29, 0.717) is 29.1 Å². The Morgan fingerprint density at radius 1 is 1.50 bits per heavy atom. The number of thioether (sulfide) groups is 1. The third kappa shape index (κ3) is 3.49. The fraction of sp³-hybridized carbons (Fsp3) is 0.538. The van der Waals surface area contributed by atoms with E-state index in [-0.39, 0.29) is 16.5 Å². The SMILES string of the molecule is COC(=O)CC1(CSc2nc(C)nc(Cl)c2C=O)CC1. The molecule has 0 atom stereocenters. The van der Waals surface area contributed by atoms with E-state index in [0.717, 1.165) is 18.6 Å². The highest BCUT2D eigenvalue weighted by molar-refractivity contribution is 7.99. The van der Waals surface area contributed by atoms with Crippen LogP contribution in [0.3, 0.4) is 0 Å². The number of aryl methyl sites for hydroxylation is 1. The third-order valence-corrected chi connectivity index (χ3v) is 4.94. The lowest BCUT2D eigenvalue weighted by Gasteiger charge is -2.13. The molecule has 1 aliphatic carbocycles. The Kier molecular flexibility index (Phi) is 4.65. The number of carbonyl (C=O) groups excluding carboxylic acids is 2. The number of hydrogen-bond donors (Lipinski definition) is 0. The van der Waals surface area contributed by atoms with Crippen molar-refractivity contribution in [2.24, 2.45) is 5.41 Å². The van der Waals surface area contributed by atoms with Crippen LogP contribution < -0.4 is 0 Å². The normalized spacial score (nSPS) is 15.8. The van der Waals surface area contributed by atoms with Gasteiger partial charge in [-0.05, 0) is 25.2 Å². The van der Waals surface area contributed by atoms with E-state index in [1.165, 1.54) is 18.9 Å². The second kappa shape index (κ2) is 6.10. The van der Waals surface area contributed by atoms with Gasteiger partial charge in [0.2, 0.25) is 0 Å². The van der Waals surface area contributed by atoms with Gasteiger partial charge < -0.3 is 4.74 Å². The Balaban J connectivity index is 2.08. The molecule has 1 fully saturated rings. The van der Waals surface area contributed by atoms with Gasteiger partial charge in [-0.1, -0.05) is 11.6 Å². The molecule has 108 valence electrons. The first-order valence-corrected chi connectivity index (χ1v) is 7.55. The number of aromatic nitrogens is 2. The summed E-state index contributed by atoms with van der Waals surface area (Å²) >= 11 is 7.38. The fourth-order valence-corrected chi connectivity index (χ4v) is 3.52. The third-order valence-electron chi connectivity index (χ3n) is 3.31. The van der Waals surface area contributed by atoms with Crippen LogP contribution in [0, 0.1) is 12.3 Å². The minimum atomic E-state index is -0.199. The van der Waals surface area contributed by atoms with Gasteiger partial charge in [0.05, 0.1) is 19.1 Å². The monoisotopic (exact) mass is 314 g/mol. The summed E-state index contributed by atoms with van der Waals surface area (Å²) in [6, 6.07) is 0. The fourth-order valence-electron chi connectivity index (χ4n) is 1.88. The maximum atomic E-state index is 11.4. The topological polar surface area (TPSA) is 69.2 Å².